The molecule has 1 heterocycles. The van der Waals surface area contributed by atoms with E-state index in [1.54, 1.807) is 11.9 Å². The van der Waals surface area contributed by atoms with E-state index in [1.807, 2.05) is 12.3 Å². The molecule has 0 atom stereocenters. The van der Waals surface area contributed by atoms with Crippen molar-refractivity contribution in [1.29, 1.82) is 0 Å². The molecule has 1 aromatic carbocycles. The number of hydrogen-bond acceptors (Lipinski definition) is 6. The molecule has 21 heavy (non-hydrogen) atoms. The van der Waals surface area contributed by atoms with Crippen molar-refractivity contribution in [1.82, 2.24) is 4.98 Å². The van der Waals surface area contributed by atoms with Crippen LogP contribution in [0.25, 0.3) is 0 Å². The second-order valence-corrected chi connectivity index (χ2v) is 5.54. The molecule has 0 aliphatic heterocycles. The Hall–Kier alpha value is -2.48. The molecule has 0 saturated carbocycles. The molecule has 0 unspecified atom stereocenters. The molecule has 1 aromatic heterocycles. The zero-order chi connectivity index (χ0) is 15.6. The third kappa shape index (κ3) is 3.34. The first-order valence-corrected chi connectivity index (χ1v) is 6.90. The maximum absolute atomic E-state index is 11.1. The zero-order valence-electron chi connectivity index (χ0n) is 11.4. The van der Waals surface area contributed by atoms with Crippen molar-refractivity contribution in [2.45, 2.75) is 13.5 Å². The van der Waals surface area contributed by atoms with Crippen molar-refractivity contribution < 1.29 is 14.8 Å². The molecule has 0 amide bonds. The van der Waals surface area contributed by atoms with Crippen molar-refractivity contribution in [3.05, 3.63) is 50.0 Å². The smallest absolute Gasteiger partial charge is 0.342 e. The molecule has 2 aromatic rings. The van der Waals surface area contributed by atoms with Crippen molar-refractivity contribution in [3.63, 3.8) is 0 Å². The van der Waals surface area contributed by atoms with Gasteiger partial charge < -0.3 is 10.0 Å². The number of aromatic carboxylic acids is 1. The van der Waals surface area contributed by atoms with Crippen molar-refractivity contribution in [2.75, 3.05) is 11.9 Å². The van der Waals surface area contributed by atoms with Gasteiger partial charge in [0.25, 0.3) is 5.69 Å². The van der Waals surface area contributed by atoms with E-state index >= 15 is 0 Å². The number of aromatic nitrogens is 1. The Morgan fingerprint density at radius 2 is 2.24 bits per heavy atom. The molecule has 0 saturated heterocycles. The highest BCUT2D eigenvalue weighted by atomic mass is 32.1. The van der Waals surface area contributed by atoms with Gasteiger partial charge in [0, 0.05) is 24.2 Å². The molecule has 8 heteroatoms. The molecule has 7 nitrogen and oxygen atoms in total. The lowest BCUT2D eigenvalue weighted by atomic mass is 10.1. The van der Waals surface area contributed by atoms with Crippen LogP contribution in [0.4, 0.5) is 11.4 Å². The number of carboxylic acid groups (broad SMARTS) is 1. The maximum Gasteiger partial charge on any atom is 0.342 e. The van der Waals surface area contributed by atoms with E-state index < -0.39 is 16.6 Å². The van der Waals surface area contributed by atoms with E-state index in [1.165, 1.54) is 29.5 Å². The number of nitro benzene ring substituents is 1. The lowest BCUT2D eigenvalue weighted by molar-refractivity contribution is -0.385. The number of thiazole rings is 1. The van der Waals surface area contributed by atoms with E-state index in [0.717, 1.165) is 10.7 Å². The summed E-state index contributed by atoms with van der Waals surface area (Å²) in [7, 11) is 1.78. The number of rotatable bonds is 5. The van der Waals surface area contributed by atoms with Crippen LogP contribution < -0.4 is 4.90 Å². The van der Waals surface area contributed by atoms with Gasteiger partial charge in [0.15, 0.2) is 0 Å². The lowest BCUT2D eigenvalue weighted by Gasteiger charge is -2.18. The summed E-state index contributed by atoms with van der Waals surface area (Å²) >= 11 is 1.53. The average molecular weight is 307 g/mol. The van der Waals surface area contributed by atoms with Crippen LogP contribution in [-0.4, -0.2) is 28.0 Å². The average Bonchev–Trinajstić information content (AvgIpc) is 2.83. The number of aryl methyl sites for hydroxylation is 1. The Morgan fingerprint density at radius 3 is 2.76 bits per heavy atom. The number of benzene rings is 1. The van der Waals surface area contributed by atoms with Crippen molar-refractivity contribution >= 4 is 28.7 Å². The Kier molecular flexibility index (Phi) is 4.18. The first-order chi connectivity index (χ1) is 9.88. The van der Waals surface area contributed by atoms with E-state index in [-0.39, 0.29) is 5.56 Å². The molecular formula is C13H13N3O4S. The largest absolute Gasteiger partial charge is 0.477 e. The molecule has 1 N–H and O–H groups in total. The third-order valence-electron chi connectivity index (χ3n) is 2.91. The summed E-state index contributed by atoms with van der Waals surface area (Å²) < 4.78 is 0. The van der Waals surface area contributed by atoms with Gasteiger partial charge >= 0.3 is 5.97 Å². The summed E-state index contributed by atoms with van der Waals surface area (Å²) in [6.45, 7) is 2.41. The fourth-order valence-corrected chi connectivity index (χ4v) is 2.51. The van der Waals surface area contributed by atoms with E-state index in [0.29, 0.717) is 12.2 Å². The first kappa shape index (κ1) is 14.9. The van der Waals surface area contributed by atoms with Crippen LogP contribution >= 0.6 is 11.3 Å². The molecule has 2 rings (SSSR count). The van der Waals surface area contributed by atoms with E-state index in [4.69, 9.17) is 5.11 Å². The number of hydrogen-bond donors (Lipinski definition) is 1. The highest BCUT2D eigenvalue weighted by Gasteiger charge is 2.21. The predicted octanol–water partition coefficient (Wildman–Crippen LogP) is 2.69. The molecule has 0 aliphatic rings. The van der Waals surface area contributed by atoms with Gasteiger partial charge in [0.2, 0.25) is 0 Å². The van der Waals surface area contributed by atoms with Crippen LogP contribution in [0, 0.1) is 17.0 Å². The van der Waals surface area contributed by atoms with Gasteiger partial charge in [-0.05, 0) is 19.1 Å². The number of carboxylic acids is 1. The lowest BCUT2D eigenvalue weighted by Crippen LogP contribution is -2.17. The minimum Gasteiger partial charge on any atom is -0.477 e. The molecule has 0 spiro atoms. The summed E-state index contributed by atoms with van der Waals surface area (Å²) in [4.78, 5) is 27.4. The number of nitrogens with zero attached hydrogens (tertiary/aromatic N) is 3. The number of carbonyl (C=O) groups is 1. The summed E-state index contributed by atoms with van der Waals surface area (Å²) in [5.41, 5.74) is 0.724. The van der Waals surface area contributed by atoms with Crippen molar-refractivity contribution in [2.24, 2.45) is 0 Å². The Labute approximate surface area is 124 Å². The summed E-state index contributed by atoms with van der Waals surface area (Å²) in [5, 5.41) is 22.8. The van der Waals surface area contributed by atoms with Gasteiger partial charge in [-0.3, -0.25) is 10.1 Å². The summed E-state index contributed by atoms with van der Waals surface area (Å²) in [6, 6.07) is 4.05. The van der Waals surface area contributed by atoms with Gasteiger partial charge in [-0.25, -0.2) is 9.78 Å². The van der Waals surface area contributed by atoms with Gasteiger partial charge in [0.1, 0.15) is 5.56 Å². The van der Waals surface area contributed by atoms with E-state index in [9.17, 15) is 14.9 Å². The highest BCUT2D eigenvalue weighted by molar-refractivity contribution is 7.09. The summed E-state index contributed by atoms with van der Waals surface area (Å²) in [6.07, 6.45) is 0. The van der Waals surface area contributed by atoms with Crippen molar-refractivity contribution in [3.8, 4) is 0 Å². The topological polar surface area (TPSA) is 96.6 Å². The summed E-state index contributed by atoms with van der Waals surface area (Å²) in [5.74, 6) is -1.32. The minimum absolute atomic E-state index is 0.321. The van der Waals surface area contributed by atoms with Gasteiger partial charge in [-0.15, -0.1) is 11.3 Å². The highest BCUT2D eigenvalue weighted by Crippen LogP contribution is 2.25. The fourth-order valence-electron chi connectivity index (χ4n) is 1.91. The molecule has 0 radical (unpaired) electrons. The van der Waals surface area contributed by atoms with Gasteiger partial charge in [0.05, 0.1) is 22.2 Å². The molecule has 0 bridgehead atoms. The Bertz CT molecular complexity index is 698. The normalized spacial score (nSPS) is 10.4. The standard InChI is InChI=1S/C13H13N3O4S/c1-8-14-9(7-21-8)6-15(2)10-3-4-12(16(19)20)11(5-10)13(17)18/h3-5,7H,6H2,1-2H3,(H,17,18). The second kappa shape index (κ2) is 5.88. The fraction of sp³-hybridized carbons (Fsp3) is 0.231. The zero-order valence-corrected chi connectivity index (χ0v) is 12.3. The second-order valence-electron chi connectivity index (χ2n) is 4.48. The van der Waals surface area contributed by atoms with Crippen LogP contribution in [-0.2, 0) is 6.54 Å². The van der Waals surface area contributed by atoms with Crippen LogP contribution in [0.5, 0.6) is 0 Å². The number of anilines is 1. The van der Waals surface area contributed by atoms with Crippen LogP contribution in [0.1, 0.15) is 21.1 Å². The molecule has 0 fully saturated rings. The van der Waals surface area contributed by atoms with Crippen LogP contribution in [0.2, 0.25) is 0 Å². The minimum atomic E-state index is -1.32. The SMILES string of the molecule is Cc1nc(CN(C)c2ccc([N+](=O)[O-])c(C(=O)O)c2)cs1. The monoisotopic (exact) mass is 307 g/mol. The Morgan fingerprint density at radius 1 is 1.52 bits per heavy atom. The first-order valence-electron chi connectivity index (χ1n) is 6.02. The van der Waals surface area contributed by atoms with Gasteiger partial charge in [-0.1, -0.05) is 0 Å². The van der Waals surface area contributed by atoms with Crippen LogP contribution in [0.3, 0.4) is 0 Å². The molecule has 0 aliphatic carbocycles. The predicted molar refractivity (Wildman–Crippen MR) is 79.0 cm³/mol. The van der Waals surface area contributed by atoms with E-state index in [2.05, 4.69) is 4.98 Å². The van der Waals surface area contributed by atoms with Crippen LogP contribution in [0.15, 0.2) is 23.6 Å². The number of nitro groups is 1. The van der Waals surface area contributed by atoms with Gasteiger partial charge in [-0.2, -0.15) is 0 Å². The maximum atomic E-state index is 11.1. The quantitative estimate of drug-likeness (QED) is 0.674. The molecule has 110 valence electrons. The molecular weight excluding hydrogens is 294 g/mol. The third-order valence-corrected chi connectivity index (χ3v) is 3.74. The Balaban J connectivity index is 2.29.